The molecule has 0 aromatic heterocycles. The van der Waals surface area contributed by atoms with Gasteiger partial charge in [-0.05, 0) is 0 Å². The summed E-state index contributed by atoms with van der Waals surface area (Å²) in [6.45, 7) is 1.51. The van der Waals surface area contributed by atoms with Gasteiger partial charge in [-0.2, -0.15) is 5.53 Å². The van der Waals surface area contributed by atoms with Crippen LogP contribution in [-0.2, 0) is 4.74 Å². The number of ether oxygens (including phenoxy) is 1. The lowest BCUT2D eigenvalue weighted by atomic mass is 10.5. The van der Waals surface area contributed by atoms with Gasteiger partial charge in [0.2, 0.25) is 0 Å². The number of nitrogens with zero attached hydrogens (tertiary/aromatic N) is 1. The highest BCUT2D eigenvalue weighted by molar-refractivity contribution is 4.69. The van der Waals surface area contributed by atoms with Crippen LogP contribution in [0.3, 0.4) is 0 Å². The second-order valence-electron chi connectivity index (χ2n) is 1.43. The maximum absolute atomic E-state index is 6.28. The van der Waals surface area contributed by atoms with Crippen LogP contribution in [0.25, 0.3) is 0 Å². The predicted molar refractivity (Wildman–Crippen MR) is 22.9 cm³/mol. The molecule has 0 aromatic rings. The van der Waals surface area contributed by atoms with Crippen LogP contribution in [0.5, 0.6) is 0 Å². The first-order valence-electron chi connectivity index (χ1n) is 2.14. The van der Waals surface area contributed by atoms with Crippen LogP contribution < -0.4 is 5.43 Å². The third kappa shape index (κ3) is 1.50. The topological polar surface area (TPSA) is 60.8 Å². The van der Waals surface area contributed by atoms with Gasteiger partial charge in [0, 0.05) is 0 Å². The van der Waals surface area contributed by atoms with Gasteiger partial charge in [-0.3, -0.25) is 5.43 Å². The Morgan fingerprint density at radius 1 is 2.00 bits per heavy atom. The molecule has 1 aliphatic heterocycles. The number of rotatable bonds is 3. The molecular weight excluding hydrogens is 94.1 g/mol. The number of nitrogens with one attached hydrogen (secondary N) is 2. The van der Waals surface area contributed by atoms with Crippen LogP contribution in [0.2, 0.25) is 0 Å². The van der Waals surface area contributed by atoms with Crippen molar-refractivity contribution in [1.29, 1.82) is 5.53 Å². The quantitative estimate of drug-likeness (QED) is 0.297. The molecule has 4 heteroatoms. The van der Waals surface area contributed by atoms with Gasteiger partial charge in [0.25, 0.3) is 0 Å². The van der Waals surface area contributed by atoms with Crippen LogP contribution >= 0.6 is 0 Å². The van der Waals surface area contributed by atoms with E-state index >= 15 is 0 Å². The van der Waals surface area contributed by atoms with Crippen LogP contribution in [0.1, 0.15) is 0 Å². The predicted octanol–water partition coefficient (Wildman–Crippen LogP) is -0.0792. The van der Waals surface area contributed by atoms with Crippen LogP contribution in [0.15, 0.2) is 5.22 Å². The van der Waals surface area contributed by atoms with Crippen molar-refractivity contribution in [3.05, 3.63) is 0 Å². The minimum atomic E-state index is 0.328. The Labute approximate surface area is 41.3 Å². The van der Waals surface area contributed by atoms with Crippen molar-refractivity contribution < 1.29 is 4.74 Å². The summed E-state index contributed by atoms with van der Waals surface area (Å²) >= 11 is 0. The SMILES string of the molecule is N=NNCC1CO1. The Morgan fingerprint density at radius 3 is 3.14 bits per heavy atom. The summed E-state index contributed by atoms with van der Waals surface area (Å²) in [4.78, 5) is 0. The molecule has 1 heterocycles. The van der Waals surface area contributed by atoms with E-state index in [-0.39, 0.29) is 0 Å². The molecule has 4 nitrogen and oxygen atoms in total. The highest BCUT2D eigenvalue weighted by Crippen LogP contribution is 2.05. The number of hydrogen-bond acceptors (Lipinski definition) is 3. The fourth-order valence-electron chi connectivity index (χ4n) is 0.333. The summed E-state index contributed by atoms with van der Waals surface area (Å²) in [7, 11) is 0. The minimum Gasteiger partial charge on any atom is -0.371 e. The molecule has 1 unspecified atom stereocenters. The molecular formula is C3H7N3O. The Balaban J connectivity index is 1.88. The summed E-state index contributed by atoms with van der Waals surface area (Å²) in [6.07, 6.45) is 0.328. The summed E-state index contributed by atoms with van der Waals surface area (Å²) < 4.78 is 4.80. The van der Waals surface area contributed by atoms with E-state index in [0.717, 1.165) is 6.61 Å². The van der Waals surface area contributed by atoms with Crippen molar-refractivity contribution in [1.82, 2.24) is 5.43 Å². The molecule has 1 fully saturated rings. The fourth-order valence-corrected chi connectivity index (χ4v) is 0.333. The van der Waals surface area contributed by atoms with Crippen LogP contribution in [0, 0.1) is 5.53 Å². The normalized spacial score (nSPS) is 26.6. The van der Waals surface area contributed by atoms with Crippen LogP contribution in [-0.4, -0.2) is 19.3 Å². The smallest absolute Gasteiger partial charge is 0.0999 e. The third-order valence-electron chi connectivity index (χ3n) is 0.800. The van der Waals surface area contributed by atoms with Crippen molar-refractivity contribution in [3.8, 4) is 0 Å². The second-order valence-corrected chi connectivity index (χ2v) is 1.43. The maximum Gasteiger partial charge on any atom is 0.0999 e. The third-order valence-corrected chi connectivity index (χ3v) is 0.800. The average Bonchev–Trinajstić information content (AvgIpc) is 2.42. The highest BCUT2D eigenvalue weighted by Gasteiger charge is 2.21. The standard InChI is InChI=1S/C3H7N3O/c4-6-5-1-3-2-7-3/h3H,1-2H2,(H2,4,5). The molecule has 2 N–H and O–H groups in total. The van der Waals surface area contributed by atoms with E-state index in [2.05, 4.69) is 10.6 Å². The molecule has 1 saturated heterocycles. The summed E-state index contributed by atoms with van der Waals surface area (Å²) in [5.41, 5.74) is 8.76. The van der Waals surface area contributed by atoms with Crippen molar-refractivity contribution in [3.63, 3.8) is 0 Å². The monoisotopic (exact) mass is 101 g/mol. The molecule has 0 aromatic carbocycles. The molecule has 0 spiro atoms. The van der Waals surface area contributed by atoms with Crippen molar-refractivity contribution in [2.24, 2.45) is 5.22 Å². The molecule has 0 radical (unpaired) electrons. The van der Waals surface area contributed by atoms with E-state index in [1.54, 1.807) is 0 Å². The second kappa shape index (κ2) is 1.88. The Morgan fingerprint density at radius 2 is 2.71 bits per heavy atom. The van der Waals surface area contributed by atoms with Crippen molar-refractivity contribution in [2.45, 2.75) is 6.10 Å². The van der Waals surface area contributed by atoms with E-state index < -0.39 is 0 Å². The lowest BCUT2D eigenvalue weighted by molar-refractivity contribution is 0.396. The summed E-state index contributed by atoms with van der Waals surface area (Å²) in [5.74, 6) is 0. The molecule has 0 amide bonds. The van der Waals surface area contributed by atoms with Gasteiger partial charge in [-0.25, -0.2) is 0 Å². The van der Waals surface area contributed by atoms with Gasteiger partial charge in [0.05, 0.1) is 19.3 Å². The zero-order valence-corrected chi connectivity index (χ0v) is 3.85. The first-order valence-corrected chi connectivity index (χ1v) is 2.14. The molecule has 40 valence electrons. The Hall–Kier alpha value is -0.640. The molecule has 0 aliphatic carbocycles. The van der Waals surface area contributed by atoms with Gasteiger partial charge in [0.1, 0.15) is 0 Å². The van der Waals surface area contributed by atoms with E-state index in [9.17, 15) is 0 Å². The van der Waals surface area contributed by atoms with E-state index in [0.29, 0.717) is 12.6 Å². The van der Waals surface area contributed by atoms with Crippen molar-refractivity contribution in [2.75, 3.05) is 13.2 Å². The lowest BCUT2D eigenvalue weighted by Gasteiger charge is -1.87. The fraction of sp³-hybridized carbons (Fsp3) is 1.00. The molecule has 0 saturated carbocycles. The summed E-state index contributed by atoms with van der Waals surface area (Å²) in [5, 5.41) is 2.94. The molecule has 0 bridgehead atoms. The van der Waals surface area contributed by atoms with Gasteiger partial charge in [-0.15, -0.1) is 0 Å². The highest BCUT2D eigenvalue weighted by atomic mass is 16.6. The lowest BCUT2D eigenvalue weighted by Crippen LogP contribution is -2.11. The molecule has 1 aliphatic rings. The first-order chi connectivity index (χ1) is 3.43. The van der Waals surface area contributed by atoms with Gasteiger partial charge in [-0.1, -0.05) is 5.22 Å². The largest absolute Gasteiger partial charge is 0.371 e. The average molecular weight is 101 g/mol. The van der Waals surface area contributed by atoms with Gasteiger partial charge < -0.3 is 4.74 Å². The zero-order chi connectivity index (χ0) is 5.11. The van der Waals surface area contributed by atoms with Gasteiger partial charge >= 0.3 is 0 Å². The molecule has 1 rings (SSSR count). The zero-order valence-electron chi connectivity index (χ0n) is 3.85. The van der Waals surface area contributed by atoms with Crippen molar-refractivity contribution >= 4 is 0 Å². The van der Waals surface area contributed by atoms with Crippen LogP contribution in [0.4, 0.5) is 0 Å². The van der Waals surface area contributed by atoms with E-state index in [1.165, 1.54) is 0 Å². The minimum absolute atomic E-state index is 0.328. The number of hydrogen-bond donors (Lipinski definition) is 2. The van der Waals surface area contributed by atoms with E-state index in [1.807, 2.05) is 0 Å². The maximum atomic E-state index is 6.28. The van der Waals surface area contributed by atoms with E-state index in [4.69, 9.17) is 10.3 Å². The summed E-state index contributed by atoms with van der Waals surface area (Å²) in [6, 6.07) is 0. The molecule has 1 atom stereocenters. The molecule has 7 heavy (non-hydrogen) atoms. The number of epoxide rings is 1. The Bertz CT molecular complexity index is 70.6. The Kier molecular flexibility index (Phi) is 1.21. The van der Waals surface area contributed by atoms with Gasteiger partial charge in [0.15, 0.2) is 0 Å². The first kappa shape index (κ1) is 4.52.